The summed E-state index contributed by atoms with van der Waals surface area (Å²) in [6.45, 7) is 0.990. The number of ketones is 1. The molecular formula is C15H10BrF3O2. The highest BCUT2D eigenvalue weighted by Gasteiger charge is 2.36. The van der Waals surface area contributed by atoms with E-state index in [1.54, 1.807) is 24.3 Å². The van der Waals surface area contributed by atoms with Crippen LogP contribution in [-0.2, 0) is 6.18 Å². The Hall–Kier alpha value is -1.82. The summed E-state index contributed by atoms with van der Waals surface area (Å²) >= 11 is 3.24. The summed E-state index contributed by atoms with van der Waals surface area (Å²) < 4.78 is 40.0. The molecule has 0 saturated heterocycles. The summed E-state index contributed by atoms with van der Waals surface area (Å²) in [6.07, 6.45) is -4.72. The molecule has 2 rings (SSSR count). The van der Waals surface area contributed by atoms with E-state index in [4.69, 9.17) is 0 Å². The lowest BCUT2D eigenvalue weighted by molar-refractivity contribution is -0.138. The van der Waals surface area contributed by atoms with Crippen molar-refractivity contribution in [1.82, 2.24) is 0 Å². The lowest BCUT2D eigenvalue weighted by atomic mass is 9.96. The van der Waals surface area contributed by atoms with E-state index in [2.05, 4.69) is 15.9 Å². The molecular weight excluding hydrogens is 349 g/mol. The van der Waals surface area contributed by atoms with Crippen LogP contribution >= 0.6 is 15.9 Å². The Labute approximate surface area is 127 Å². The van der Waals surface area contributed by atoms with Crippen molar-refractivity contribution >= 4 is 21.7 Å². The first-order chi connectivity index (χ1) is 9.70. The molecule has 0 unspecified atom stereocenters. The molecule has 2 aromatic rings. The molecule has 0 heterocycles. The molecule has 0 spiro atoms. The molecule has 0 aliphatic carbocycles. The zero-order chi connectivity index (χ0) is 15.8. The Bertz CT molecular complexity index is 691. The Morgan fingerprint density at radius 3 is 2.14 bits per heavy atom. The van der Waals surface area contributed by atoms with Crippen LogP contribution in [0.5, 0.6) is 5.75 Å². The molecule has 0 aromatic heterocycles. The van der Waals surface area contributed by atoms with Crippen LogP contribution in [0.4, 0.5) is 13.2 Å². The van der Waals surface area contributed by atoms with E-state index in [9.17, 15) is 23.1 Å². The van der Waals surface area contributed by atoms with Crippen molar-refractivity contribution in [3.63, 3.8) is 0 Å². The van der Waals surface area contributed by atoms with Crippen molar-refractivity contribution in [1.29, 1.82) is 0 Å². The lowest BCUT2D eigenvalue weighted by Crippen LogP contribution is -2.12. The molecule has 0 amide bonds. The second kappa shape index (κ2) is 5.52. The number of Topliss-reactive ketones (excluding diaryl/α,β-unsaturated/α-hetero) is 1. The third kappa shape index (κ3) is 3.26. The van der Waals surface area contributed by atoms with Crippen molar-refractivity contribution in [3.8, 4) is 16.9 Å². The van der Waals surface area contributed by atoms with Crippen LogP contribution in [0.15, 0.2) is 40.9 Å². The Balaban J connectivity index is 2.68. The van der Waals surface area contributed by atoms with E-state index in [1.165, 1.54) is 0 Å². The molecule has 0 aliphatic heterocycles. The standard InChI is InChI=1S/C15H10BrF3O2/c1-8(20)14-12(15(17,18)19)6-10(7-13(14)21)9-2-4-11(16)5-3-9/h2-7,21H,1H3. The van der Waals surface area contributed by atoms with Gasteiger partial charge in [-0.2, -0.15) is 13.2 Å². The van der Waals surface area contributed by atoms with E-state index >= 15 is 0 Å². The maximum atomic E-state index is 13.1. The Morgan fingerprint density at radius 2 is 1.67 bits per heavy atom. The van der Waals surface area contributed by atoms with Gasteiger partial charge in [0.2, 0.25) is 0 Å². The molecule has 0 aliphatic rings. The third-order valence-corrected chi connectivity index (χ3v) is 3.48. The molecule has 2 nitrogen and oxygen atoms in total. The summed E-state index contributed by atoms with van der Waals surface area (Å²) in [5.74, 6) is -1.50. The van der Waals surface area contributed by atoms with Gasteiger partial charge < -0.3 is 5.11 Å². The average Bonchev–Trinajstić information content (AvgIpc) is 2.37. The number of phenols is 1. The number of hydrogen-bond donors (Lipinski definition) is 1. The van der Waals surface area contributed by atoms with Gasteiger partial charge in [-0.05, 0) is 42.3 Å². The molecule has 110 valence electrons. The van der Waals surface area contributed by atoms with Crippen LogP contribution < -0.4 is 0 Å². The van der Waals surface area contributed by atoms with Crippen LogP contribution in [0, 0.1) is 0 Å². The van der Waals surface area contributed by atoms with E-state index in [1.807, 2.05) is 0 Å². The summed E-state index contributed by atoms with van der Waals surface area (Å²) in [5, 5.41) is 9.79. The van der Waals surface area contributed by atoms with Gasteiger partial charge in [0.15, 0.2) is 5.78 Å². The van der Waals surface area contributed by atoms with Gasteiger partial charge in [-0.25, -0.2) is 0 Å². The number of rotatable bonds is 2. The summed E-state index contributed by atoms with van der Waals surface area (Å²) in [7, 11) is 0. The van der Waals surface area contributed by atoms with E-state index in [-0.39, 0.29) is 5.56 Å². The van der Waals surface area contributed by atoms with E-state index in [0.29, 0.717) is 5.56 Å². The van der Waals surface area contributed by atoms with Gasteiger partial charge in [-0.3, -0.25) is 4.79 Å². The molecule has 0 radical (unpaired) electrons. The predicted octanol–water partition coefficient (Wildman–Crippen LogP) is 5.04. The van der Waals surface area contributed by atoms with Gasteiger partial charge in [0.05, 0.1) is 11.1 Å². The third-order valence-electron chi connectivity index (χ3n) is 2.95. The second-order valence-electron chi connectivity index (χ2n) is 4.48. The van der Waals surface area contributed by atoms with Crippen molar-refractivity contribution in [2.24, 2.45) is 0 Å². The Morgan fingerprint density at radius 1 is 1.10 bits per heavy atom. The number of aromatic hydroxyl groups is 1. The van der Waals surface area contributed by atoms with Gasteiger partial charge in [0.25, 0.3) is 0 Å². The number of halogens is 4. The van der Waals surface area contributed by atoms with Crippen LogP contribution in [0.1, 0.15) is 22.8 Å². The zero-order valence-corrected chi connectivity index (χ0v) is 12.4. The van der Waals surface area contributed by atoms with Crippen molar-refractivity contribution in [2.75, 3.05) is 0 Å². The van der Waals surface area contributed by atoms with Crippen molar-refractivity contribution in [3.05, 3.63) is 52.0 Å². The highest BCUT2D eigenvalue weighted by Crippen LogP contribution is 2.39. The molecule has 2 aromatic carbocycles. The van der Waals surface area contributed by atoms with Gasteiger partial charge in [0, 0.05) is 4.47 Å². The monoisotopic (exact) mass is 358 g/mol. The Kier molecular flexibility index (Phi) is 4.09. The summed E-state index contributed by atoms with van der Waals surface area (Å²) in [5.41, 5.74) is -1.14. The molecule has 0 saturated carbocycles. The number of carbonyl (C=O) groups excluding carboxylic acids is 1. The first kappa shape index (κ1) is 15.6. The van der Waals surface area contributed by atoms with Crippen LogP contribution in [0.25, 0.3) is 11.1 Å². The van der Waals surface area contributed by atoms with Gasteiger partial charge in [0.1, 0.15) is 5.75 Å². The van der Waals surface area contributed by atoms with Crippen LogP contribution in [-0.4, -0.2) is 10.9 Å². The number of phenolic OH excluding ortho intramolecular Hbond substituents is 1. The van der Waals surface area contributed by atoms with Crippen LogP contribution in [0.3, 0.4) is 0 Å². The number of hydrogen-bond acceptors (Lipinski definition) is 2. The lowest BCUT2D eigenvalue weighted by Gasteiger charge is -2.15. The molecule has 6 heteroatoms. The largest absolute Gasteiger partial charge is 0.507 e. The predicted molar refractivity (Wildman–Crippen MR) is 76.2 cm³/mol. The minimum absolute atomic E-state index is 0.192. The first-order valence-corrected chi connectivity index (χ1v) is 6.70. The molecule has 0 bridgehead atoms. The topological polar surface area (TPSA) is 37.3 Å². The molecule has 21 heavy (non-hydrogen) atoms. The van der Waals surface area contributed by atoms with Gasteiger partial charge in [-0.1, -0.05) is 28.1 Å². The average molecular weight is 359 g/mol. The minimum atomic E-state index is -4.72. The fourth-order valence-electron chi connectivity index (χ4n) is 2.03. The zero-order valence-electron chi connectivity index (χ0n) is 10.8. The van der Waals surface area contributed by atoms with Gasteiger partial charge in [-0.15, -0.1) is 0 Å². The fourth-order valence-corrected chi connectivity index (χ4v) is 2.29. The quantitative estimate of drug-likeness (QED) is 0.763. The minimum Gasteiger partial charge on any atom is -0.507 e. The van der Waals surface area contributed by atoms with Crippen molar-refractivity contribution < 1.29 is 23.1 Å². The number of benzene rings is 2. The van der Waals surface area contributed by atoms with Crippen molar-refractivity contribution in [2.45, 2.75) is 13.1 Å². The molecule has 1 N–H and O–H groups in total. The SMILES string of the molecule is CC(=O)c1c(O)cc(-c2ccc(Br)cc2)cc1C(F)(F)F. The van der Waals surface area contributed by atoms with E-state index < -0.39 is 28.8 Å². The normalized spacial score (nSPS) is 11.5. The summed E-state index contributed by atoms with van der Waals surface area (Å²) in [4.78, 5) is 11.4. The smallest absolute Gasteiger partial charge is 0.417 e. The number of carbonyl (C=O) groups is 1. The first-order valence-electron chi connectivity index (χ1n) is 5.91. The second-order valence-corrected chi connectivity index (χ2v) is 5.39. The fraction of sp³-hybridized carbons (Fsp3) is 0.133. The van der Waals surface area contributed by atoms with E-state index in [0.717, 1.165) is 23.5 Å². The highest BCUT2D eigenvalue weighted by molar-refractivity contribution is 9.10. The van der Waals surface area contributed by atoms with Gasteiger partial charge >= 0.3 is 6.18 Å². The summed E-state index contributed by atoms with van der Waals surface area (Å²) in [6, 6.07) is 8.63. The maximum absolute atomic E-state index is 13.1. The maximum Gasteiger partial charge on any atom is 0.417 e. The van der Waals surface area contributed by atoms with Crippen LogP contribution in [0.2, 0.25) is 0 Å². The highest BCUT2D eigenvalue weighted by atomic mass is 79.9. The molecule has 0 atom stereocenters. The molecule has 0 fully saturated rings. The number of alkyl halides is 3.